The molecule has 2 heterocycles. The van der Waals surface area contributed by atoms with Crippen molar-refractivity contribution in [2.24, 2.45) is 5.10 Å². The number of halogens is 3. The van der Waals surface area contributed by atoms with Gasteiger partial charge < -0.3 is 9.30 Å². The van der Waals surface area contributed by atoms with Gasteiger partial charge in [0.05, 0.1) is 17.1 Å². The Bertz CT molecular complexity index is 1780. The summed E-state index contributed by atoms with van der Waals surface area (Å²) in [7, 11) is 0. The van der Waals surface area contributed by atoms with Crippen LogP contribution in [0.15, 0.2) is 81.1 Å². The molecule has 0 atom stereocenters. The van der Waals surface area contributed by atoms with Gasteiger partial charge in [-0.2, -0.15) is 9.78 Å². The van der Waals surface area contributed by atoms with Crippen LogP contribution < -0.4 is 10.3 Å². The van der Waals surface area contributed by atoms with E-state index in [2.05, 4.69) is 30.6 Å². The van der Waals surface area contributed by atoms with Gasteiger partial charge in [-0.05, 0) is 74.5 Å². The van der Waals surface area contributed by atoms with Crippen molar-refractivity contribution >= 4 is 56.2 Å². The van der Waals surface area contributed by atoms with Crippen molar-refractivity contribution in [3.63, 3.8) is 0 Å². The lowest BCUT2D eigenvalue weighted by molar-refractivity contribution is 0.306. The van der Waals surface area contributed by atoms with Crippen molar-refractivity contribution in [1.82, 2.24) is 14.2 Å². The lowest BCUT2D eigenvalue weighted by Crippen LogP contribution is -2.22. The van der Waals surface area contributed by atoms with E-state index in [1.165, 1.54) is 4.68 Å². The first-order valence-corrected chi connectivity index (χ1v) is 13.9. The molecule has 6 nitrogen and oxygen atoms in total. The van der Waals surface area contributed by atoms with E-state index < -0.39 is 0 Å². The largest absolute Gasteiger partial charge is 0.489 e. The van der Waals surface area contributed by atoms with Crippen LogP contribution in [0.4, 0.5) is 0 Å². The fraction of sp³-hybridized carbons (Fsp3) is 0.167. The van der Waals surface area contributed by atoms with Crippen LogP contribution in [0.1, 0.15) is 35.3 Å². The maximum Gasteiger partial charge on any atom is 0.282 e. The monoisotopic (exact) mass is 622 g/mol. The van der Waals surface area contributed by atoms with Crippen LogP contribution in [-0.2, 0) is 13.0 Å². The lowest BCUT2D eigenvalue weighted by atomic mass is 10.2. The number of fused-ring (bicyclic) bond motifs is 1. The summed E-state index contributed by atoms with van der Waals surface area (Å²) >= 11 is 15.7. The third-order valence-electron chi connectivity index (χ3n) is 6.48. The quantitative estimate of drug-likeness (QED) is 0.173. The van der Waals surface area contributed by atoms with Gasteiger partial charge in [0.1, 0.15) is 18.2 Å². The second kappa shape index (κ2) is 11.4. The van der Waals surface area contributed by atoms with E-state index in [0.717, 1.165) is 38.4 Å². The van der Waals surface area contributed by atoms with Crippen LogP contribution in [-0.4, -0.2) is 20.4 Å². The average molecular weight is 624 g/mol. The van der Waals surface area contributed by atoms with Gasteiger partial charge in [0.25, 0.3) is 5.56 Å². The summed E-state index contributed by atoms with van der Waals surface area (Å²) in [6.45, 7) is 6.37. The Morgan fingerprint density at radius 2 is 1.79 bits per heavy atom. The van der Waals surface area contributed by atoms with E-state index in [1.807, 2.05) is 69.3 Å². The van der Waals surface area contributed by atoms with E-state index in [4.69, 9.17) is 27.9 Å². The van der Waals surface area contributed by atoms with Gasteiger partial charge in [0, 0.05) is 49.1 Å². The van der Waals surface area contributed by atoms with Gasteiger partial charge >= 0.3 is 0 Å². The van der Waals surface area contributed by atoms with E-state index in [-0.39, 0.29) is 5.56 Å². The molecule has 5 aromatic rings. The summed E-state index contributed by atoms with van der Waals surface area (Å²) < 4.78 is 10.3. The highest BCUT2D eigenvalue weighted by Gasteiger charge is 2.13. The van der Waals surface area contributed by atoms with Crippen molar-refractivity contribution in [3.8, 4) is 11.4 Å². The van der Waals surface area contributed by atoms with Crippen molar-refractivity contribution in [2.45, 2.75) is 33.8 Å². The molecule has 0 saturated carbocycles. The van der Waals surface area contributed by atoms with Gasteiger partial charge in [-0.15, -0.1) is 0 Å². The van der Waals surface area contributed by atoms with E-state index >= 15 is 0 Å². The minimum Gasteiger partial charge on any atom is -0.489 e. The zero-order valence-electron chi connectivity index (χ0n) is 21.6. The van der Waals surface area contributed by atoms with Gasteiger partial charge in [-0.25, -0.2) is 4.98 Å². The van der Waals surface area contributed by atoms with Crippen molar-refractivity contribution < 1.29 is 4.74 Å². The molecule has 0 fully saturated rings. The zero-order valence-corrected chi connectivity index (χ0v) is 24.7. The number of hydrogen-bond acceptors (Lipinski definition) is 4. The van der Waals surface area contributed by atoms with Crippen LogP contribution in [0, 0.1) is 13.8 Å². The Morgan fingerprint density at radius 3 is 2.51 bits per heavy atom. The third kappa shape index (κ3) is 5.66. The Balaban J connectivity index is 1.40. The summed E-state index contributed by atoms with van der Waals surface area (Å²) in [5, 5.41) is 6.25. The van der Waals surface area contributed by atoms with Crippen LogP contribution in [0.2, 0.25) is 10.0 Å². The third-order valence-corrected chi connectivity index (χ3v) is 7.56. The molecule has 0 aliphatic heterocycles. The standard InChI is InChI=1S/C30H25BrCl2N4O2/c1-4-29-35-28-12-6-22(31)14-26(28)30(38)37(29)34-16-21-13-18(2)36(19(21)3)24-8-10-25(11-9-24)39-17-20-5-7-23(32)15-27(20)33/h5-16H,4,17H2,1-3H3. The van der Waals surface area contributed by atoms with Crippen LogP contribution >= 0.6 is 39.1 Å². The Labute approximate surface area is 244 Å². The minimum absolute atomic E-state index is 0.196. The molecule has 0 spiro atoms. The second-order valence-electron chi connectivity index (χ2n) is 9.08. The van der Waals surface area contributed by atoms with Crippen LogP contribution in [0.25, 0.3) is 16.6 Å². The molecule has 0 aliphatic carbocycles. The minimum atomic E-state index is -0.196. The van der Waals surface area contributed by atoms with Gasteiger partial charge in [-0.3, -0.25) is 4.79 Å². The topological polar surface area (TPSA) is 61.4 Å². The smallest absolute Gasteiger partial charge is 0.282 e. The summed E-state index contributed by atoms with van der Waals surface area (Å²) in [6, 6.07) is 20.8. The summed E-state index contributed by atoms with van der Waals surface area (Å²) in [6.07, 6.45) is 2.30. The number of benzene rings is 3. The first-order chi connectivity index (χ1) is 18.7. The zero-order chi connectivity index (χ0) is 27.7. The first-order valence-electron chi connectivity index (χ1n) is 12.4. The molecule has 0 amide bonds. The number of rotatable bonds is 7. The SMILES string of the molecule is CCc1nc2ccc(Br)cc2c(=O)n1N=Cc1cc(C)n(-c2ccc(OCc3ccc(Cl)cc3Cl)cc2)c1C. The van der Waals surface area contributed by atoms with Gasteiger partial charge in [-0.1, -0.05) is 52.1 Å². The Kier molecular flexibility index (Phi) is 7.93. The van der Waals surface area contributed by atoms with Crippen LogP contribution in [0.3, 0.4) is 0 Å². The average Bonchev–Trinajstić information content (AvgIpc) is 3.20. The molecular weight excluding hydrogens is 599 g/mol. The molecule has 5 rings (SSSR count). The fourth-order valence-corrected chi connectivity index (χ4v) is 5.29. The highest BCUT2D eigenvalue weighted by atomic mass is 79.9. The fourth-order valence-electron chi connectivity index (χ4n) is 4.47. The predicted octanol–water partition coefficient (Wildman–Crippen LogP) is 7.90. The molecule has 0 radical (unpaired) electrons. The van der Waals surface area contributed by atoms with E-state index in [1.54, 1.807) is 24.4 Å². The molecule has 39 heavy (non-hydrogen) atoms. The molecule has 0 N–H and O–H groups in total. The number of nitrogens with zero attached hydrogens (tertiary/aromatic N) is 4. The highest BCUT2D eigenvalue weighted by molar-refractivity contribution is 9.10. The second-order valence-corrected chi connectivity index (χ2v) is 10.8. The van der Waals surface area contributed by atoms with Crippen molar-refractivity contribution in [3.05, 3.63) is 120 Å². The molecule has 0 saturated heterocycles. The normalized spacial score (nSPS) is 11.5. The van der Waals surface area contributed by atoms with Crippen LogP contribution in [0.5, 0.6) is 5.75 Å². The van der Waals surface area contributed by atoms with Gasteiger partial charge in [0.15, 0.2) is 0 Å². The number of aryl methyl sites for hydroxylation is 2. The van der Waals surface area contributed by atoms with Crippen molar-refractivity contribution in [2.75, 3.05) is 0 Å². The lowest BCUT2D eigenvalue weighted by Gasteiger charge is -2.12. The van der Waals surface area contributed by atoms with Gasteiger partial charge in [0.2, 0.25) is 0 Å². The molecule has 0 unspecified atom stereocenters. The molecule has 3 aromatic carbocycles. The van der Waals surface area contributed by atoms with E-state index in [9.17, 15) is 4.79 Å². The molecule has 0 aliphatic rings. The summed E-state index contributed by atoms with van der Waals surface area (Å²) in [4.78, 5) is 17.9. The number of hydrogen-bond donors (Lipinski definition) is 0. The molecule has 9 heteroatoms. The summed E-state index contributed by atoms with van der Waals surface area (Å²) in [5.41, 5.74) is 5.27. The maximum absolute atomic E-state index is 13.2. The highest BCUT2D eigenvalue weighted by Crippen LogP contribution is 2.25. The number of ether oxygens (including phenoxy) is 1. The van der Waals surface area contributed by atoms with Crippen molar-refractivity contribution in [1.29, 1.82) is 0 Å². The Hall–Kier alpha value is -3.39. The molecule has 0 bridgehead atoms. The molecular formula is C30H25BrCl2N4O2. The summed E-state index contributed by atoms with van der Waals surface area (Å²) in [5.74, 6) is 1.34. The number of aromatic nitrogens is 3. The van der Waals surface area contributed by atoms with E-state index in [0.29, 0.717) is 39.8 Å². The first kappa shape index (κ1) is 27.2. The molecule has 2 aromatic heterocycles. The Morgan fingerprint density at radius 1 is 1.03 bits per heavy atom. The predicted molar refractivity (Wildman–Crippen MR) is 162 cm³/mol. The maximum atomic E-state index is 13.2. The molecule has 198 valence electrons.